The highest BCUT2D eigenvalue weighted by Crippen LogP contribution is 2.37. The second-order valence-corrected chi connectivity index (χ2v) is 5.81. The zero-order valence-corrected chi connectivity index (χ0v) is 9.60. The molecular weight excluding hydrogens is 172 g/mol. The van der Waals surface area contributed by atoms with E-state index in [9.17, 15) is 0 Å². The third-order valence-corrected chi connectivity index (χ3v) is 3.74. The van der Waals surface area contributed by atoms with Crippen LogP contribution in [0.1, 0.15) is 46.0 Å². The topological polar surface area (TPSA) is 24.1 Å². The highest BCUT2D eigenvalue weighted by atomic mass is 15.0. The maximum absolute atomic E-state index is 3.81. The summed E-state index contributed by atoms with van der Waals surface area (Å²) in [5.41, 5.74) is 0.583. The number of rotatable bonds is 2. The number of nitrogens with one attached hydrogen (secondary N) is 2. The molecule has 82 valence electrons. The Hall–Kier alpha value is -0.0800. The van der Waals surface area contributed by atoms with E-state index in [0.717, 1.165) is 12.1 Å². The molecule has 0 aromatic heterocycles. The van der Waals surface area contributed by atoms with Gasteiger partial charge in [0.2, 0.25) is 0 Å². The van der Waals surface area contributed by atoms with Crippen molar-refractivity contribution in [3.63, 3.8) is 0 Å². The van der Waals surface area contributed by atoms with E-state index in [2.05, 4.69) is 24.5 Å². The van der Waals surface area contributed by atoms with Crippen LogP contribution >= 0.6 is 0 Å². The van der Waals surface area contributed by atoms with Gasteiger partial charge in [-0.05, 0) is 44.1 Å². The first-order chi connectivity index (χ1) is 6.66. The van der Waals surface area contributed by atoms with Gasteiger partial charge in [-0.15, -0.1) is 0 Å². The smallest absolute Gasteiger partial charge is 0.0195 e. The van der Waals surface area contributed by atoms with Gasteiger partial charge in [0, 0.05) is 18.6 Å². The van der Waals surface area contributed by atoms with Crippen LogP contribution in [-0.4, -0.2) is 25.2 Å². The average Bonchev–Trinajstić information content (AvgIpc) is 2.47. The third-order valence-electron chi connectivity index (χ3n) is 3.74. The van der Waals surface area contributed by atoms with E-state index in [1.807, 2.05) is 0 Å². The summed E-state index contributed by atoms with van der Waals surface area (Å²) in [6, 6.07) is 1.53. The van der Waals surface area contributed by atoms with E-state index in [4.69, 9.17) is 0 Å². The molecule has 0 spiro atoms. The van der Waals surface area contributed by atoms with Crippen LogP contribution in [0.3, 0.4) is 0 Å². The van der Waals surface area contributed by atoms with Crippen LogP contribution in [-0.2, 0) is 0 Å². The molecule has 2 rings (SSSR count). The van der Waals surface area contributed by atoms with Crippen LogP contribution in [0.25, 0.3) is 0 Å². The van der Waals surface area contributed by atoms with Crippen LogP contribution in [0.5, 0.6) is 0 Å². The van der Waals surface area contributed by atoms with Crippen molar-refractivity contribution in [2.24, 2.45) is 5.41 Å². The SMILES string of the molecule is CC1(C)CCC(NC2CCCNC2)C1. The molecule has 2 heteroatoms. The van der Waals surface area contributed by atoms with E-state index in [0.29, 0.717) is 5.41 Å². The van der Waals surface area contributed by atoms with E-state index in [-0.39, 0.29) is 0 Å². The summed E-state index contributed by atoms with van der Waals surface area (Å²) < 4.78 is 0. The normalized spacial score (nSPS) is 37.3. The Bertz CT molecular complexity index is 183. The van der Waals surface area contributed by atoms with Gasteiger partial charge in [0.25, 0.3) is 0 Å². The maximum Gasteiger partial charge on any atom is 0.0195 e. The molecule has 1 saturated carbocycles. The molecule has 2 fully saturated rings. The number of hydrogen-bond acceptors (Lipinski definition) is 2. The molecule has 1 saturated heterocycles. The first-order valence-corrected chi connectivity index (χ1v) is 6.12. The monoisotopic (exact) mass is 196 g/mol. The predicted molar refractivity (Wildman–Crippen MR) is 60.4 cm³/mol. The molecule has 1 heterocycles. The van der Waals surface area contributed by atoms with Gasteiger partial charge in [0.15, 0.2) is 0 Å². The summed E-state index contributed by atoms with van der Waals surface area (Å²) in [6.45, 7) is 7.19. The number of piperidine rings is 1. The molecule has 2 N–H and O–H groups in total. The van der Waals surface area contributed by atoms with Crippen LogP contribution < -0.4 is 10.6 Å². The summed E-state index contributed by atoms with van der Waals surface area (Å²) in [6.07, 6.45) is 6.84. The zero-order chi connectivity index (χ0) is 10.0. The number of hydrogen-bond donors (Lipinski definition) is 2. The lowest BCUT2D eigenvalue weighted by atomic mass is 9.91. The second kappa shape index (κ2) is 4.19. The molecule has 1 aliphatic carbocycles. The summed E-state index contributed by atoms with van der Waals surface area (Å²) in [7, 11) is 0. The molecule has 14 heavy (non-hydrogen) atoms. The molecule has 2 atom stereocenters. The molecule has 2 nitrogen and oxygen atoms in total. The van der Waals surface area contributed by atoms with Crippen molar-refractivity contribution in [2.75, 3.05) is 13.1 Å². The Morgan fingerprint density at radius 1 is 1.21 bits per heavy atom. The second-order valence-electron chi connectivity index (χ2n) is 5.81. The molecule has 2 aliphatic rings. The average molecular weight is 196 g/mol. The predicted octanol–water partition coefficient (Wildman–Crippen LogP) is 1.91. The van der Waals surface area contributed by atoms with Gasteiger partial charge in [-0.25, -0.2) is 0 Å². The van der Waals surface area contributed by atoms with Crippen LogP contribution in [0.4, 0.5) is 0 Å². The standard InChI is InChI=1S/C12H24N2/c1-12(2)6-5-10(8-12)14-11-4-3-7-13-9-11/h10-11,13-14H,3-9H2,1-2H3. The highest BCUT2D eigenvalue weighted by Gasteiger charge is 2.31. The highest BCUT2D eigenvalue weighted by molar-refractivity contribution is 4.89. The van der Waals surface area contributed by atoms with Gasteiger partial charge < -0.3 is 10.6 Å². The van der Waals surface area contributed by atoms with Crippen molar-refractivity contribution < 1.29 is 0 Å². The molecule has 0 aromatic carbocycles. The molecule has 1 aliphatic heterocycles. The minimum Gasteiger partial charge on any atom is -0.315 e. The first-order valence-electron chi connectivity index (χ1n) is 6.12. The maximum atomic E-state index is 3.81. The van der Waals surface area contributed by atoms with E-state index in [1.165, 1.54) is 45.2 Å². The van der Waals surface area contributed by atoms with Gasteiger partial charge in [0.1, 0.15) is 0 Å². The molecule has 0 amide bonds. The molecule has 2 unspecified atom stereocenters. The molecule has 0 aromatic rings. The van der Waals surface area contributed by atoms with Gasteiger partial charge in [0.05, 0.1) is 0 Å². The Labute approximate surface area is 87.8 Å². The van der Waals surface area contributed by atoms with E-state index >= 15 is 0 Å². The molecular formula is C12H24N2. The van der Waals surface area contributed by atoms with Crippen LogP contribution in [0.2, 0.25) is 0 Å². The zero-order valence-electron chi connectivity index (χ0n) is 9.60. The van der Waals surface area contributed by atoms with Gasteiger partial charge in [-0.3, -0.25) is 0 Å². The lowest BCUT2D eigenvalue weighted by molar-refractivity contribution is 0.324. The summed E-state index contributed by atoms with van der Waals surface area (Å²) in [5.74, 6) is 0. The van der Waals surface area contributed by atoms with Crippen molar-refractivity contribution in [1.29, 1.82) is 0 Å². The quantitative estimate of drug-likeness (QED) is 0.705. The van der Waals surface area contributed by atoms with Gasteiger partial charge in [-0.2, -0.15) is 0 Å². The van der Waals surface area contributed by atoms with Crippen molar-refractivity contribution >= 4 is 0 Å². The van der Waals surface area contributed by atoms with E-state index < -0.39 is 0 Å². The fraction of sp³-hybridized carbons (Fsp3) is 1.00. The minimum atomic E-state index is 0.583. The first kappa shape index (κ1) is 10.4. The molecule has 0 bridgehead atoms. The fourth-order valence-corrected chi connectivity index (χ4v) is 2.91. The largest absolute Gasteiger partial charge is 0.315 e. The minimum absolute atomic E-state index is 0.583. The Balaban J connectivity index is 1.75. The lowest BCUT2D eigenvalue weighted by Gasteiger charge is -2.27. The summed E-state index contributed by atoms with van der Waals surface area (Å²) >= 11 is 0. The lowest BCUT2D eigenvalue weighted by Crippen LogP contribution is -2.46. The Morgan fingerprint density at radius 3 is 2.64 bits per heavy atom. The third kappa shape index (κ3) is 2.71. The van der Waals surface area contributed by atoms with Crippen LogP contribution in [0, 0.1) is 5.41 Å². The van der Waals surface area contributed by atoms with E-state index in [1.54, 1.807) is 0 Å². The van der Waals surface area contributed by atoms with Crippen molar-refractivity contribution in [2.45, 2.75) is 58.0 Å². The summed E-state index contributed by atoms with van der Waals surface area (Å²) in [4.78, 5) is 0. The Morgan fingerprint density at radius 2 is 2.07 bits per heavy atom. The molecule has 0 radical (unpaired) electrons. The van der Waals surface area contributed by atoms with Crippen molar-refractivity contribution in [3.8, 4) is 0 Å². The Kier molecular flexibility index (Phi) is 3.13. The van der Waals surface area contributed by atoms with Gasteiger partial charge in [-0.1, -0.05) is 13.8 Å². The fourth-order valence-electron chi connectivity index (χ4n) is 2.91. The van der Waals surface area contributed by atoms with Crippen LogP contribution in [0.15, 0.2) is 0 Å². The van der Waals surface area contributed by atoms with Crippen molar-refractivity contribution in [1.82, 2.24) is 10.6 Å². The van der Waals surface area contributed by atoms with Gasteiger partial charge >= 0.3 is 0 Å². The summed E-state index contributed by atoms with van der Waals surface area (Å²) in [5, 5.41) is 7.28. The van der Waals surface area contributed by atoms with Crippen molar-refractivity contribution in [3.05, 3.63) is 0 Å².